The Balaban J connectivity index is -0.00000000690. The second kappa shape index (κ2) is 295. The fraction of sp³-hybridized carbons (Fsp3) is 0.304. The average molecular weight is 8260 g/mol. The number of aryl methyl sites for hydroxylation is 8. The third-order valence-electron chi connectivity index (χ3n) is 13.1. The van der Waals surface area contributed by atoms with Gasteiger partial charge in [-0.2, -0.15) is 42.2 Å². The summed E-state index contributed by atoms with van der Waals surface area (Å²) in [5.41, 5.74) is 16.9. The van der Waals surface area contributed by atoms with Gasteiger partial charge in [0.15, 0.2) is 11.3 Å². The zero-order valence-corrected chi connectivity index (χ0v) is 323. The predicted octanol–water partition coefficient (Wildman–Crippen LogP) is 6.14. The van der Waals surface area contributed by atoms with Crippen LogP contribution in [-0.2, 0) is 2810 Å². The summed E-state index contributed by atoms with van der Waals surface area (Å²) in [4.78, 5) is 22.6. The van der Waals surface area contributed by atoms with Gasteiger partial charge in [0.25, 0.3) is 0 Å². The van der Waals surface area contributed by atoms with Crippen LogP contribution < -0.4 is 11.0 Å². The number of rotatable bonds is 3. The molecule has 0 fully saturated rings. The molecule has 8 heterocycles. The summed E-state index contributed by atoms with van der Waals surface area (Å²) in [6, 6.07) is 22.9. The van der Waals surface area contributed by atoms with Gasteiger partial charge in [0.1, 0.15) is 34.6 Å². The van der Waals surface area contributed by atoms with Gasteiger partial charge in [-0.1, -0.05) is 92.9 Å². The van der Waals surface area contributed by atoms with Crippen molar-refractivity contribution >= 4 is 56.5 Å². The van der Waals surface area contributed by atoms with Gasteiger partial charge in [0.2, 0.25) is 0 Å². The monoisotopic (exact) mass is 8260 g/mol. The number of amidine groups is 4. The maximum atomic E-state index is 5.66. The minimum Gasteiger partial charge on any atom is -0.253 e. The minimum atomic E-state index is -1.11. The van der Waals surface area contributed by atoms with E-state index in [9.17, 15) is 0 Å². The van der Waals surface area contributed by atoms with E-state index in [1.165, 1.54) is 27.8 Å². The van der Waals surface area contributed by atoms with Crippen molar-refractivity contribution < 1.29 is 2790 Å². The molecule has 0 saturated carbocycles. The summed E-state index contributed by atoms with van der Waals surface area (Å²) >= 11 is 0. The Morgan fingerprint density at radius 1 is 0.201 bits per heavy atom. The van der Waals surface area contributed by atoms with E-state index >= 15 is 0 Å². The molecule has 1 spiro atoms. The Morgan fingerprint density at radius 3 is 0.698 bits per heavy atom. The Morgan fingerprint density at radius 2 is 0.439 bits per heavy atom. The quantitative estimate of drug-likeness (QED) is 0.151. The van der Waals surface area contributed by atoms with Gasteiger partial charge < -0.3 is 0 Å². The standard InChI is InChI=1S/C46H36N8.85Y/c1-11-27-18-33-32(16-22(27)6)38-47-43-35-19-28(12-2)24(8)25(9)36(35)44-49-39-30-14-20(4)21(5)15-31(30)40-50-45-37-26(10)29(13-3)23(7)17-34(37)42-48-41(33)51(38)46(52(39)40,53(42)45)54(43)44;;;;;;;;;;;;;;;;;;;;;;;;;;;;;;;;;;;;;;;;;;;;;;;;;;;;;;;;;;;;;;;;;;;;;;;;;;;;;;;;;;;;;/h11-13H2,1-10H3;;;;;;;;;;;;;;;;;;;;;;;;;;;;;;;;;;;;;;;;;;;;;;;;;;;;;;;;;;;;;;;;;;;;;;;;;;;;;;;;;;;;;/q-4;;;;;;;;;;;;;;;;;;;;;;;;;;;;;;;;;;;;;;;;;;;;;;;;;;;;;;;;;;;;;;;;;;;;;;;;;;;;;;;;;;;;;. The Bertz CT molecular complexity index is 3360. The molecular weight excluding hydrogens is 8220 g/mol. The van der Waals surface area contributed by atoms with Crippen LogP contribution in [-0.4, -0.2) is 41.6 Å². The SMILES string of the molecule is CCc1[c-]c2c([c-]c1C)C1=Nc3c4[c-]c(CC)c(C)c(C)c4c4n3C35n6c(c7[c-]c(C)c(CC)c(C)c7c6=NC6=[N+]3C(=N4)c3[c-]c(C)c(C)[c-]c36)=NC2=[N+]15.[Y].[Y].[Y].[Y].[Y].[Y].[Y].[Y].[Y].[Y].[Y].[Y].[Y].[Y].[Y].[Y].[Y].[Y].[Y].[Y].[Y].[Y].[Y].[Y].[Y].[Y].[Y].[Y].[Y].[Y].[Y].[Y].[Y].[Y].[Y].[Y].[Y].[Y].[Y].[Y].[Y].[Y].[Y].[Y].[Y].[Y].[Y].[Y].[Y].[Y].[Y].[Y].[Y].[Y].[Y].[Y].[Y].[Y].[Y].[Y].[Y].[Y].[Y].[Y].[Y].[Y].[Y].[Y].[Y].[Y].[Y].[Y].[Y].[Y].[Y].[Y].[Y].[Y].[Y].[Y].[Y].[Y].[Y].[Y].[Y]. The molecule has 519 valence electrons. The van der Waals surface area contributed by atoms with Gasteiger partial charge in [0, 0.05) is 2780 Å². The minimum absolute atomic E-state index is 0. The van der Waals surface area contributed by atoms with E-state index in [1.54, 1.807) is 0 Å². The molecule has 2 aromatic heterocycles. The van der Waals surface area contributed by atoms with E-state index in [2.05, 4.69) is 124 Å². The van der Waals surface area contributed by atoms with Crippen molar-refractivity contribution in [2.45, 2.75) is 94.4 Å². The number of aromatic nitrogens is 2. The molecule has 6 aromatic rings. The molecule has 93 heteroatoms. The van der Waals surface area contributed by atoms with Crippen LogP contribution in [0.15, 0.2) is 20.0 Å². The van der Waals surface area contributed by atoms with Gasteiger partial charge >= 0.3 is 5.91 Å². The van der Waals surface area contributed by atoms with Crippen molar-refractivity contribution in [3.63, 3.8) is 0 Å². The van der Waals surface area contributed by atoms with Crippen LogP contribution in [0.25, 0.3) is 21.5 Å². The van der Waals surface area contributed by atoms with Gasteiger partial charge in [-0.3, -0.25) is 9.15 Å². The molecule has 6 aliphatic rings. The van der Waals surface area contributed by atoms with E-state index in [-0.39, 0.29) is 2780 Å². The van der Waals surface area contributed by atoms with Crippen molar-refractivity contribution in [3.8, 4) is 0 Å². The van der Waals surface area contributed by atoms with Gasteiger partial charge in [-0.15, -0.1) is 45.5 Å². The van der Waals surface area contributed by atoms with Crippen LogP contribution in [0.3, 0.4) is 0 Å². The van der Waals surface area contributed by atoms with Crippen LogP contribution in [0.2, 0.25) is 0 Å². The Labute approximate surface area is 2980 Å². The second-order valence-electron chi connectivity index (χ2n) is 15.6. The van der Waals surface area contributed by atoms with E-state index in [1.807, 2.05) is 0 Å². The molecule has 139 heavy (non-hydrogen) atoms. The molecule has 0 amide bonds. The molecule has 8 nitrogen and oxygen atoms in total. The third kappa shape index (κ3) is 156. The summed E-state index contributed by atoms with van der Waals surface area (Å²) in [7, 11) is 0. The predicted molar refractivity (Wildman–Crippen MR) is 208 cm³/mol. The molecule has 0 N–H and O–H groups in total. The fourth-order valence-corrected chi connectivity index (χ4v) is 10.3. The van der Waals surface area contributed by atoms with Crippen molar-refractivity contribution in [2.24, 2.45) is 20.0 Å². The maximum absolute atomic E-state index is 5.66. The van der Waals surface area contributed by atoms with Crippen molar-refractivity contribution in [2.75, 3.05) is 0 Å². The molecule has 0 aliphatic carbocycles. The molecule has 0 bridgehead atoms. The van der Waals surface area contributed by atoms with Crippen molar-refractivity contribution in [1.82, 2.24) is 9.13 Å². The molecule has 1 unspecified atom stereocenters. The number of hydrogen-bond acceptors (Lipinski definition) is 4. The second-order valence-corrected chi connectivity index (χ2v) is 15.6. The van der Waals surface area contributed by atoms with E-state index in [0.717, 1.165) is 137 Å². The van der Waals surface area contributed by atoms with Gasteiger partial charge in [0.05, 0.1) is 0 Å². The van der Waals surface area contributed by atoms with Gasteiger partial charge in [-0.05, 0) is 17.2 Å². The van der Waals surface area contributed by atoms with Crippen LogP contribution in [0.1, 0.15) is 98.7 Å². The molecule has 85 radical (unpaired) electrons. The molecule has 6 aliphatic heterocycles. The normalized spacial score (nSPS) is 7.32. The van der Waals surface area contributed by atoms with Crippen LogP contribution >= 0.6 is 0 Å². The topological polar surface area (TPSA) is 65.3 Å². The molecule has 12 rings (SSSR count). The third-order valence-corrected chi connectivity index (χ3v) is 13.1. The number of aliphatic imine (C=N–C) groups is 2. The first-order chi connectivity index (χ1) is 26.0. The Hall–Kier alpha value is 88.1. The van der Waals surface area contributed by atoms with Crippen LogP contribution in [0, 0.1) is 84.9 Å². The molecule has 1 atom stereocenters. The van der Waals surface area contributed by atoms with Crippen LogP contribution in [0.5, 0.6) is 0 Å². The zero-order valence-electron chi connectivity index (χ0n) is 81.3. The van der Waals surface area contributed by atoms with Gasteiger partial charge in [-0.25, -0.2) is 55.7 Å². The molecule has 4 aromatic carbocycles. The smallest absolute Gasteiger partial charge is 0.253 e. The zero-order chi connectivity index (χ0) is 37.0. The first kappa shape index (κ1) is 495. The average Bonchev–Trinajstić information content (AvgIpc) is 3.85. The summed E-state index contributed by atoms with van der Waals surface area (Å²) in [5, 5.41) is 4.10. The van der Waals surface area contributed by atoms with E-state index < -0.39 is 5.91 Å². The summed E-state index contributed by atoms with van der Waals surface area (Å²) in [6.07, 6.45) is 2.62. The fourth-order valence-electron chi connectivity index (χ4n) is 10.3. The summed E-state index contributed by atoms with van der Waals surface area (Å²) in [5.74, 6) is 3.77. The first-order valence-corrected chi connectivity index (χ1v) is 19.2. The number of benzene rings is 4. The molecular formula is C46H36N8Y85-4. The van der Waals surface area contributed by atoms with E-state index in [4.69, 9.17) is 20.0 Å². The van der Waals surface area contributed by atoms with Crippen molar-refractivity contribution in [1.29, 1.82) is 0 Å². The summed E-state index contributed by atoms with van der Waals surface area (Å²) in [6.45, 7) is 21.8. The van der Waals surface area contributed by atoms with Crippen molar-refractivity contribution in [3.05, 3.63) is 125 Å². The first-order valence-electron chi connectivity index (χ1n) is 19.2. The van der Waals surface area contributed by atoms with E-state index in [0.29, 0.717) is 0 Å². The summed E-state index contributed by atoms with van der Waals surface area (Å²) < 4.78 is 9.37. The number of hydrogen-bond donors (Lipinski definition) is 0. The Kier molecular flexibility index (Phi) is 1050. The maximum Gasteiger partial charge on any atom is 0.352 e. The number of nitrogens with zero attached hydrogens (tertiary/aromatic N) is 8. The van der Waals surface area contributed by atoms with Crippen LogP contribution in [0.4, 0.5) is 11.6 Å². The largest absolute Gasteiger partial charge is 0.352 e. The molecule has 0 saturated heterocycles. The number of fused-ring (bicyclic) bond motifs is 12.